The lowest BCUT2D eigenvalue weighted by atomic mass is 10.1. The molecule has 0 radical (unpaired) electrons. The highest BCUT2D eigenvalue weighted by Crippen LogP contribution is 2.18. The second-order valence-electron chi connectivity index (χ2n) is 4.70. The number of benzene rings is 1. The molecule has 1 aromatic carbocycles. The van der Waals surface area contributed by atoms with E-state index in [0.717, 1.165) is 37.8 Å². The topological polar surface area (TPSA) is 46.5 Å². The summed E-state index contributed by atoms with van der Waals surface area (Å²) in [5.41, 5.74) is -0.422. The monoisotopic (exact) mass is 286 g/mol. The van der Waals surface area contributed by atoms with E-state index in [9.17, 15) is 13.6 Å². The van der Waals surface area contributed by atoms with Gasteiger partial charge in [-0.1, -0.05) is 32.6 Å². The first-order valence-electron chi connectivity index (χ1n) is 6.84. The predicted octanol–water partition coefficient (Wildman–Crippen LogP) is 4.21. The second kappa shape index (κ2) is 8.51. The van der Waals surface area contributed by atoms with Gasteiger partial charge in [-0.15, -0.1) is 0 Å². The number of rotatable bonds is 9. The molecule has 0 aliphatic heterocycles. The molecule has 1 atom stereocenters. The fraction of sp³-hybridized carbons (Fsp3) is 0.533. The minimum atomic E-state index is -1.34. The van der Waals surface area contributed by atoms with Gasteiger partial charge in [0.15, 0.2) is 0 Å². The molecule has 0 aliphatic carbocycles. The molecule has 5 heteroatoms. The third-order valence-corrected chi connectivity index (χ3v) is 2.97. The van der Waals surface area contributed by atoms with Crippen molar-refractivity contribution in [3.63, 3.8) is 0 Å². The van der Waals surface area contributed by atoms with E-state index in [0.29, 0.717) is 6.42 Å². The Labute approximate surface area is 117 Å². The third kappa shape index (κ3) is 5.55. The molecular weight excluding hydrogens is 266 g/mol. The molecule has 0 saturated heterocycles. The Morgan fingerprint density at radius 2 is 2.10 bits per heavy atom. The van der Waals surface area contributed by atoms with Crippen LogP contribution in [0.5, 0.6) is 5.75 Å². The summed E-state index contributed by atoms with van der Waals surface area (Å²) in [5.74, 6) is -2.08. The quantitative estimate of drug-likeness (QED) is 0.692. The molecule has 0 bridgehead atoms. The number of unbranched alkanes of at least 4 members (excludes halogenated alkanes) is 3. The number of halogens is 2. The van der Waals surface area contributed by atoms with Gasteiger partial charge in [0, 0.05) is 6.07 Å². The van der Waals surface area contributed by atoms with Crippen LogP contribution < -0.4 is 4.74 Å². The number of hydrogen-bond donors (Lipinski definition) is 1. The molecule has 0 aliphatic rings. The van der Waals surface area contributed by atoms with Crippen molar-refractivity contribution >= 4 is 5.97 Å². The van der Waals surface area contributed by atoms with E-state index in [-0.39, 0.29) is 12.4 Å². The maximum absolute atomic E-state index is 13.5. The van der Waals surface area contributed by atoms with Gasteiger partial charge >= 0.3 is 5.97 Å². The van der Waals surface area contributed by atoms with Gasteiger partial charge < -0.3 is 9.84 Å². The molecule has 1 rings (SSSR count). The van der Waals surface area contributed by atoms with Crippen molar-refractivity contribution in [1.82, 2.24) is 0 Å². The van der Waals surface area contributed by atoms with Crippen molar-refractivity contribution in [3.8, 4) is 5.75 Å². The summed E-state index contributed by atoms with van der Waals surface area (Å²) in [6.45, 7) is 1.95. The molecule has 112 valence electrons. The fourth-order valence-corrected chi connectivity index (χ4v) is 1.82. The first-order valence-corrected chi connectivity index (χ1v) is 6.84. The SMILES string of the molecule is CCCCCC[C@H](F)COc1ccc(C(=O)O)c(F)c1. The highest BCUT2D eigenvalue weighted by molar-refractivity contribution is 5.88. The van der Waals surface area contributed by atoms with Gasteiger partial charge in [0.1, 0.15) is 24.3 Å². The summed E-state index contributed by atoms with van der Waals surface area (Å²) in [7, 11) is 0. The second-order valence-corrected chi connectivity index (χ2v) is 4.70. The van der Waals surface area contributed by atoms with Gasteiger partial charge in [-0.3, -0.25) is 0 Å². The van der Waals surface area contributed by atoms with Crippen LogP contribution in [0, 0.1) is 5.82 Å². The number of aromatic carboxylic acids is 1. The molecule has 1 aromatic rings. The van der Waals surface area contributed by atoms with Crippen molar-refractivity contribution in [2.75, 3.05) is 6.61 Å². The number of ether oxygens (including phenoxy) is 1. The highest BCUT2D eigenvalue weighted by atomic mass is 19.1. The minimum Gasteiger partial charge on any atom is -0.490 e. The molecule has 3 nitrogen and oxygen atoms in total. The van der Waals surface area contributed by atoms with Crippen molar-refractivity contribution in [2.24, 2.45) is 0 Å². The van der Waals surface area contributed by atoms with E-state index >= 15 is 0 Å². The summed E-state index contributed by atoms with van der Waals surface area (Å²) in [6, 6.07) is 3.41. The van der Waals surface area contributed by atoms with Crippen LogP contribution in [0.3, 0.4) is 0 Å². The van der Waals surface area contributed by atoms with E-state index in [2.05, 4.69) is 6.92 Å². The third-order valence-electron chi connectivity index (χ3n) is 2.97. The molecule has 0 spiro atoms. The first-order chi connectivity index (χ1) is 9.54. The number of carboxylic acid groups (broad SMARTS) is 1. The molecule has 0 amide bonds. The average Bonchev–Trinajstić information content (AvgIpc) is 2.41. The molecule has 1 N–H and O–H groups in total. The van der Waals surface area contributed by atoms with Crippen LogP contribution in [0.1, 0.15) is 49.4 Å². The van der Waals surface area contributed by atoms with E-state index in [1.165, 1.54) is 6.07 Å². The maximum Gasteiger partial charge on any atom is 0.338 e. The number of carbonyl (C=O) groups is 1. The van der Waals surface area contributed by atoms with Crippen LogP contribution in [-0.2, 0) is 0 Å². The maximum atomic E-state index is 13.5. The van der Waals surface area contributed by atoms with Gasteiger partial charge in [0.2, 0.25) is 0 Å². The highest BCUT2D eigenvalue weighted by Gasteiger charge is 2.12. The Morgan fingerprint density at radius 3 is 2.70 bits per heavy atom. The lowest BCUT2D eigenvalue weighted by molar-refractivity contribution is 0.0691. The van der Waals surface area contributed by atoms with Crippen LogP contribution in [0.4, 0.5) is 8.78 Å². The van der Waals surface area contributed by atoms with Crippen LogP contribution in [0.2, 0.25) is 0 Å². The van der Waals surface area contributed by atoms with Crippen molar-refractivity contribution < 1.29 is 23.4 Å². The summed E-state index contributed by atoms with van der Waals surface area (Å²) in [4.78, 5) is 10.6. The lowest BCUT2D eigenvalue weighted by Crippen LogP contribution is -2.13. The Balaban J connectivity index is 2.38. The Morgan fingerprint density at radius 1 is 1.35 bits per heavy atom. The van der Waals surface area contributed by atoms with Gasteiger partial charge in [0.25, 0.3) is 0 Å². The van der Waals surface area contributed by atoms with Crippen LogP contribution in [0.25, 0.3) is 0 Å². The minimum absolute atomic E-state index is 0.141. The fourth-order valence-electron chi connectivity index (χ4n) is 1.82. The summed E-state index contributed by atoms with van der Waals surface area (Å²) in [6.07, 6.45) is 3.34. The number of hydrogen-bond acceptors (Lipinski definition) is 2. The first kappa shape index (κ1) is 16.4. The van der Waals surface area contributed by atoms with Gasteiger partial charge in [0.05, 0.1) is 5.56 Å². The van der Waals surface area contributed by atoms with E-state index in [1.54, 1.807) is 0 Å². The van der Waals surface area contributed by atoms with E-state index < -0.39 is 23.5 Å². The van der Waals surface area contributed by atoms with Crippen molar-refractivity contribution in [1.29, 1.82) is 0 Å². The average molecular weight is 286 g/mol. The zero-order chi connectivity index (χ0) is 15.0. The standard InChI is InChI=1S/C15H20F2O3/c1-2-3-4-5-6-11(16)10-20-12-7-8-13(15(18)19)14(17)9-12/h7-9,11H,2-6,10H2,1H3,(H,18,19)/t11-/m0/s1. The van der Waals surface area contributed by atoms with E-state index in [1.807, 2.05) is 0 Å². The molecule has 0 heterocycles. The normalized spacial score (nSPS) is 12.2. The number of carboxylic acids is 1. The van der Waals surface area contributed by atoms with Gasteiger partial charge in [-0.25, -0.2) is 13.6 Å². The Kier molecular flexibility index (Phi) is 6.98. The van der Waals surface area contributed by atoms with E-state index in [4.69, 9.17) is 9.84 Å². The lowest BCUT2D eigenvalue weighted by Gasteiger charge is -2.11. The number of alkyl halides is 1. The zero-order valence-electron chi connectivity index (χ0n) is 11.6. The zero-order valence-corrected chi connectivity index (χ0v) is 11.6. The Bertz CT molecular complexity index is 435. The van der Waals surface area contributed by atoms with Crippen LogP contribution >= 0.6 is 0 Å². The van der Waals surface area contributed by atoms with Crippen LogP contribution in [-0.4, -0.2) is 23.9 Å². The largest absolute Gasteiger partial charge is 0.490 e. The summed E-state index contributed by atoms with van der Waals surface area (Å²) >= 11 is 0. The smallest absolute Gasteiger partial charge is 0.338 e. The van der Waals surface area contributed by atoms with Gasteiger partial charge in [-0.05, 0) is 18.6 Å². The molecular formula is C15H20F2O3. The van der Waals surface area contributed by atoms with Crippen molar-refractivity contribution in [2.45, 2.75) is 45.2 Å². The summed E-state index contributed by atoms with van der Waals surface area (Å²) < 4.78 is 32.0. The molecule has 0 saturated carbocycles. The molecule has 0 aromatic heterocycles. The van der Waals surface area contributed by atoms with Gasteiger partial charge in [-0.2, -0.15) is 0 Å². The molecule has 0 unspecified atom stereocenters. The van der Waals surface area contributed by atoms with Crippen molar-refractivity contribution in [3.05, 3.63) is 29.6 Å². The van der Waals surface area contributed by atoms with Crippen LogP contribution in [0.15, 0.2) is 18.2 Å². The summed E-state index contributed by atoms with van der Waals surface area (Å²) in [5, 5.41) is 8.67. The molecule has 0 fully saturated rings. The molecule has 20 heavy (non-hydrogen) atoms. The Hall–Kier alpha value is -1.65. The predicted molar refractivity (Wildman–Crippen MR) is 72.5 cm³/mol.